The third-order valence-electron chi connectivity index (χ3n) is 4.03. The number of amides is 1. The topological polar surface area (TPSA) is 81.1 Å². The Kier molecular flexibility index (Phi) is 6.73. The van der Waals surface area contributed by atoms with Gasteiger partial charge in [-0.1, -0.05) is 17.7 Å². The number of rotatable bonds is 8. The lowest BCUT2D eigenvalue weighted by Gasteiger charge is -2.08. The van der Waals surface area contributed by atoms with Crippen LogP contribution in [0.25, 0.3) is 10.6 Å². The quantitative estimate of drug-likeness (QED) is 0.571. The molecule has 28 heavy (non-hydrogen) atoms. The average molecular weight is 416 g/mol. The van der Waals surface area contributed by atoms with Gasteiger partial charge in [-0.25, -0.2) is 4.68 Å². The van der Waals surface area contributed by atoms with Crippen LogP contribution in [0.3, 0.4) is 0 Å². The molecule has 6 nitrogen and oxygen atoms in total. The first kappa shape index (κ1) is 20.0. The first-order valence-electron chi connectivity index (χ1n) is 8.70. The van der Waals surface area contributed by atoms with E-state index in [9.17, 15) is 14.4 Å². The van der Waals surface area contributed by atoms with Gasteiger partial charge in [0, 0.05) is 36.0 Å². The van der Waals surface area contributed by atoms with Crippen LogP contribution in [0.5, 0.6) is 0 Å². The van der Waals surface area contributed by atoms with Gasteiger partial charge in [0.25, 0.3) is 5.56 Å². The van der Waals surface area contributed by atoms with Crippen LogP contribution >= 0.6 is 22.9 Å². The fourth-order valence-corrected chi connectivity index (χ4v) is 3.38. The number of carbonyl (C=O) groups excluding carboxylic acids is 2. The Labute approximate surface area is 170 Å². The first-order valence-corrected chi connectivity index (χ1v) is 9.96. The van der Waals surface area contributed by atoms with Crippen LogP contribution in [0.2, 0.25) is 5.02 Å². The molecule has 0 aliphatic rings. The Hall–Kier alpha value is -2.77. The summed E-state index contributed by atoms with van der Waals surface area (Å²) in [6.07, 6.45) is 0.193. The molecule has 0 unspecified atom stereocenters. The van der Waals surface area contributed by atoms with Crippen LogP contribution in [-0.2, 0) is 11.3 Å². The number of benzene rings is 1. The van der Waals surface area contributed by atoms with Crippen LogP contribution in [0.15, 0.2) is 58.7 Å². The van der Waals surface area contributed by atoms with E-state index >= 15 is 0 Å². The van der Waals surface area contributed by atoms with Gasteiger partial charge in [0.1, 0.15) is 5.69 Å². The van der Waals surface area contributed by atoms with Crippen molar-refractivity contribution >= 4 is 34.6 Å². The Morgan fingerprint density at radius 3 is 2.57 bits per heavy atom. The minimum atomic E-state index is -0.246. The highest BCUT2D eigenvalue weighted by molar-refractivity contribution is 7.13. The fourth-order valence-electron chi connectivity index (χ4n) is 2.56. The summed E-state index contributed by atoms with van der Waals surface area (Å²) in [5.41, 5.74) is 1.01. The molecule has 2 aromatic heterocycles. The SMILES string of the molecule is O=C(CCC(=O)c1ccc(Cl)cc1)NCCn1nc(-c2cccs2)ccc1=O. The smallest absolute Gasteiger partial charge is 0.266 e. The van der Waals surface area contributed by atoms with Gasteiger partial charge in [-0.05, 0) is 41.8 Å². The summed E-state index contributed by atoms with van der Waals surface area (Å²) < 4.78 is 1.33. The second kappa shape index (κ2) is 9.43. The summed E-state index contributed by atoms with van der Waals surface area (Å²) in [6, 6.07) is 13.6. The molecule has 1 aromatic carbocycles. The summed E-state index contributed by atoms with van der Waals surface area (Å²) in [7, 11) is 0. The number of aromatic nitrogens is 2. The molecule has 144 valence electrons. The number of thiophene rings is 1. The maximum atomic E-state index is 12.1. The minimum absolute atomic E-state index is 0.0824. The fraction of sp³-hybridized carbons (Fsp3) is 0.200. The largest absolute Gasteiger partial charge is 0.354 e. The van der Waals surface area contributed by atoms with Crippen molar-refractivity contribution in [2.45, 2.75) is 19.4 Å². The number of nitrogens with zero attached hydrogens (tertiary/aromatic N) is 2. The average Bonchev–Trinajstić information content (AvgIpc) is 3.23. The molecule has 1 amide bonds. The standard InChI is InChI=1S/C20H18ClN3O3S/c21-15-5-3-14(4-6-15)17(25)8-9-19(26)22-11-12-24-20(27)10-7-16(23-24)18-2-1-13-28-18/h1-7,10,13H,8-9,11-12H2,(H,22,26). The first-order chi connectivity index (χ1) is 13.5. The number of nitrogens with one attached hydrogen (secondary N) is 1. The summed E-state index contributed by atoms with van der Waals surface area (Å²) in [4.78, 5) is 37.0. The zero-order chi connectivity index (χ0) is 19.9. The molecule has 0 saturated carbocycles. The summed E-state index contributed by atoms with van der Waals surface area (Å²) in [5.74, 6) is -0.363. The normalized spacial score (nSPS) is 10.6. The van der Waals surface area contributed by atoms with Gasteiger partial charge >= 0.3 is 0 Å². The van der Waals surface area contributed by atoms with Crippen LogP contribution in [-0.4, -0.2) is 28.0 Å². The van der Waals surface area contributed by atoms with Crippen LogP contribution in [0, 0.1) is 0 Å². The van der Waals surface area contributed by atoms with Crippen molar-refractivity contribution in [1.82, 2.24) is 15.1 Å². The second-order valence-corrected chi connectivity index (χ2v) is 7.42. The van der Waals surface area contributed by atoms with Gasteiger partial charge in [0.2, 0.25) is 5.91 Å². The molecule has 0 fully saturated rings. The Bertz CT molecular complexity index is 1010. The van der Waals surface area contributed by atoms with Crippen molar-refractivity contribution in [1.29, 1.82) is 0 Å². The zero-order valence-electron chi connectivity index (χ0n) is 14.9. The molecule has 0 bridgehead atoms. The summed E-state index contributed by atoms with van der Waals surface area (Å²) in [5, 5.41) is 9.55. The number of halogens is 1. The van der Waals surface area contributed by atoms with Crippen LogP contribution in [0.4, 0.5) is 0 Å². The van der Waals surface area contributed by atoms with E-state index in [1.165, 1.54) is 10.7 Å². The number of hydrogen-bond donors (Lipinski definition) is 1. The van der Waals surface area contributed by atoms with E-state index in [0.717, 1.165) is 10.6 Å². The molecule has 0 aliphatic heterocycles. The minimum Gasteiger partial charge on any atom is -0.354 e. The Morgan fingerprint density at radius 2 is 1.86 bits per heavy atom. The van der Waals surface area contributed by atoms with Crippen molar-refractivity contribution in [3.63, 3.8) is 0 Å². The Morgan fingerprint density at radius 1 is 1.07 bits per heavy atom. The molecule has 8 heteroatoms. The molecule has 0 aliphatic carbocycles. The van der Waals surface area contributed by atoms with Crippen molar-refractivity contribution in [2.75, 3.05) is 6.54 Å². The highest BCUT2D eigenvalue weighted by Gasteiger charge is 2.10. The monoisotopic (exact) mass is 415 g/mol. The van der Waals surface area contributed by atoms with Crippen LogP contribution in [0.1, 0.15) is 23.2 Å². The zero-order valence-corrected chi connectivity index (χ0v) is 16.5. The van der Waals surface area contributed by atoms with E-state index in [1.807, 2.05) is 17.5 Å². The van der Waals surface area contributed by atoms with Crippen molar-refractivity contribution in [3.05, 3.63) is 74.9 Å². The third-order valence-corrected chi connectivity index (χ3v) is 5.18. The summed E-state index contributed by atoms with van der Waals surface area (Å²) >= 11 is 7.34. The van der Waals surface area contributed by atoms with E-state index < -0.39 is 0 Å². The van der Waals surface area contributed by atoms with E-state index in [-0.39, 0.29) is 43.2 Å². The molecular formula is C20H18ClN3O3S. The van der Waals surface area contributed by atoms with E-state index in [1.54, 1.807) is 41.7 Å². The van der Waals surface area contributed by atoms with E-state index in [2.05, 4.69) is 10.4 Å². The van der Waals surface area contributed by atoms with Crippen molar-refractivity contribution in [2.24, 2.45) is 0 Å². The molecule has 0 spiro atoms. The molecule has 3 aromatic rings. The molecule has 3 rings (SSSR count). The summed E-state index contributed by atoms with van der Waals surface area (Å²) in [6.45, 7) is 0.518. The number of Topliss-reactive ketones (excluding diaryl/α,β-unsaturated/α-hetero) is 1. The van der Waals surface area contributed by atoms with Crippen molar-refractivity contribution < 1.29 is 9.59 Å². The number of hydrogen-bond acceptors (Lipinski definition) is 5. The maximum absolute atomic E-state index is 12.1. The van der Waals surface area contributed by atoms with E-state index in [0.29, 0.717) is 10.6 Å². The van der Waals surface area contributed by atoms with Gasteiger partial charge < -0.3 is 5.32 Å². The molecule has 0 radical (unpaired) electrons. The Balaban J connectivity index is 1.48. The third kappa shape index (κ3) is 5.37. The van der Waals surface area contributed by atoms with Gasteiger partial charge in [0.05, 0.1) is 11.4 Å². The van der Waals surface area contributed by atoms with Gasteiger partial charge in [-0.3, -0.25) is 14.4 Å². The van der Waals surface area contributed by atoms with Crippen LogP contribution < -0.4 is 10.9 Å². The molecule has 1 N–H and O–H groups in total. The van der Waals surface area contributed by atoms with E-state index in [4.69, 9.17) is 11.6 Å². The second-order valence-electron chi connectivity index (χ2n) is 6.04. The maximum Gasteiger partial charge on any atom is 0.266 e. The molecular weight excluding hydrogens is 398 g/mol. The van der Waals surface area contributed by atoms with Crippen molar-refractivity contribution in [3.8, 4) is 10.6 Å². The predicted molar refractivity (Wildman–Crippen MR) is 110 cm³/mol. The molecule has 0 saturated heterocycles. The number of carbonyl (C=O) groups is 2. The highest BCUT2D eigenvalue weighted by atomic mass is 35.5. The lowest BCUT2D eigenvalue weighted by molar-refractivity contribution is -0.121. The predicted octanol–water partition coefficient (Wildman–Crippen LogP) is 3.40. The van der Waals surface area contributed by atoms with Gasteiger partial charge in [-0.2, -0.15) is 5.10 Å². The lowest BCUT2D eigenvalue weighted by Crippen LogP contribution is -2.32. The van der Waals surface area contributed by atoms with Gasteiger partial charge in [-0.15, -0.1) is 11.3 Å². The molecule has 0 atom stereocenters. The molecule has 2 heterocycles. The lowest BCUT2D eigenvalue weighted by atomic mass is 10.1. The highest BCUT2D eigenvalue weighted by Crippen LogP contribution is 2.21. The number of ketones is 1. The van der Waals surface area contributed by atoms with Gasteiger partial charge in [0.15, 0.2) is 5.78 Å².